The first-order valence-electron chi connectivity index (χ1n) is 12.2. The molecule has 3 heteroatoms. The Bertz CT molecular complexity index is 1760. The van der Waals surface area contributed by atoms with Crippen molar-refractivity contribution in [2.24, 2.45) is 7.05 Å². The molecule has 4 aromatic carbocycles. The highest BCUT2D eigenvalue weighted by Gasteiger charge is 2.23. The average Bonchev–Trinajstić information content (AvgIpc) is 3.23. The SMILES string of the molecule is Cc1cccc(C)c1-c1ccc(-c2c(F)ccc3c2oc2c(-c4cccc[n+]4C)c(C)ccc23)cc1. The minimum Gasteiger partial charge on any atom is -0.454 e. The second kappa shape index (κ2) is 8.46. The van der Waals surface area contributed by atoms with E-state index in [0.717, 1.165) is 44.3 Å². The molecule has 0 atom stereocenters. The molecule has 0 N–H and O–H groups in total. The quantitative estimate of drug-likeness (QED) is 0.236. The van der Waals surface area contributed by atoms with Crippen molar-refractivity contribution in [1.29, 1.82) is 0 Å². The van der Waals surface area contributed by atoms with Crippen LogP contribution in [0.2, 0.25) is 0 Å². The summed E-state index contributed by atoms with van der Waals surface area (Å²) in [4.78, 5) is 0. The first kappa shape index (κ1) is 22.2. The van der Waals surface area contributed by atoms with Crippen molar-refractivity contribution in [1.82, 2.24) is 0 Å². The fraction of sp³-hybridized carbons (Fsp3) is 0.121. The molecule has 0 saturated carbocycles. The van der Waals surface area contributed by atoms with Gasteiger partial charge in [-0.1, -0.05) is 54.6 Å². The highest BCUT2D eigenvalue weighted by atomic mass is 19.1. The van der Waals surface area contributed by atoms with Gasteiger partial charge >= 0.3 is 0 Å². The third-order valence-electron chi connectivity index (χ3n) is 7.22. The Hall–Kier alpha value is -4.24. The minimum absolute atomic E-state index is 0.287. The zero-order chi connectivity index (χ0) is 25.0. The van der Waals surface area contributed by atoms with Gasteiger partial charge in [-0.05, 0) is 72.4 Å². The zero-order valence-corrected chi connectivity index (χ0v) is 20.9. The van der Waals surface area contributed by atoms with Crippen LogP contribution in [-0.2, 0) is 7.05 Å². The summed E-state index contributed by atoms with van der Waals surface area (Å²) in [5.74, 6) is -0.287. The van der Waals surface area contributed by atoms with Gasteiger partial charge < -0.3 is 4.42 Å². The van der Waals surface area contributed by atoms with E-state index in [0.29, 0.717) is 11.1 Å². The molecular weight excluding hydrogens is 445 g/mol. The number of pyridine rings is 1. The number of halogens is 1. The van der Waals surface area contributed by atoms with Gasteiger partial charge in [0.2, 0.25) is 5.69 Å². The third kappa shape index (κ3) is 3.43. The number of hydrogen-bond acceptors (Lipinski definition) is 1. The summed E-state index contributed by atoms with van der Waals surface area (Å²) in [6.45, 7) is 6.33. The Kier molecular flexibility index (Phi) is 5.22. The fourth-order valence-electron chi connectivity index (χ4n) is 5.42. The van der Waals surface area contributed by atoms with E-state index in [4.69, 9.17) is 4.42 Å². The Morgan fingerprint density at radius 1 is 0.583 bits per heavy atom. The molecular formula is C33H27FNO+. The van der Waals surface area contributed by atoms with Crippen LogP contribution >= 0.6 is 0 Å². The highest BCUT2D eigenvalue weighted by molar-refractivity contribution is 6.13. The van der Waals surface area contributed by atoms with E-state index in [9.17, 15) is 0 Å². The summed E-state index contributed by atoms with van der Waals surface area (Å²) in [5, 5.41) is 1.91. The van der Waals surface area contributed by atoms with Gasteiger partial charge in [-0.2, -0.15) is 0 Å². The van der Waals surface area contributed by atoms with Crippen molar-refractivity contribution in [3.05, 3.63) is 114 Å². The van der Waals surface area contributed by atoms with Crippen molar-refractivity contribution < 1.29 is 13.4 Å². The largest absolute Gasteiger partial charge is 0.454 e. The van der Waals surface area contributed by atoms with Crippen molar-refractivity contribution in [3.8, 4) is 33.5 Å². The van der Waals surface area contributed by atoms with Gasteiger partial charge in [-0.15, -0.1) is 0 Å². The molecule has 2 nitrogen and oxygen atoms in total. The van der Waals surface area contributed by atoms with Crippen LogP contribution in [0.1, 0.15) is 16.7 Å². The molecule has 2 aromatic heterocycles. The number of furan rings is 1. The number of aryl methyl sites for hydroxylation is 4. The van der Waals surface area contributed by atoms with Crippen LogP contribution in [0.15, 0.2) is 95.5 Å². The van der Waals surface area contributed by atoms with Crippen LogP contribution < -0.4 is 4.57 Å². The van der Waals surface area contributed by atoms with Gasteiger partial charge in [0.15, 0.2) is 6.20 Å². The summed E-state index contributed by atoms with van der Waals surface area (Å²) >= 11 is 0. The Morgan fingerprint density at radius 3 is 1.83 bits per heavy atom. The number of rotatable bonds is 3. The van der Waals surface area contributed by atoms with Crippen LogP contribution in [0.5, 0.6) is 0 Å². The Balaban J connectivity index is 1.57. The maximum Gasteiger partial charge on any atom is 0.216 e. The summed E-state index contributed by atoms with van der Waals surface area (Å²) in [6.07, 6.45) is 2.03. The van der Waals surface area contributed by atoms with E-state index in [-0.39, 0.29) is 5.82 Å². The van der Waals surface area contributed by atoms with Crippen molar-refractivity contribution in [3.63, 3.8) is 0 Å². The van der Waals surface area contributed by atoms with Crippen molar-refractivity contribution in [2.45, 2.75) is 20.8 Å². The van der Waals surface area contributed by atoms with Gasteiger partial charge in [0, 0.05) is 22.9 Å². The molecule has 0 aliphatic carbocycles. The molecule has 6 rings (SSSR count). The van der Waals surface area contributed by atoms with Crippen LogP contribution in [0, 0.1) is 26.6 Å². The van der Waals surface area contributed by atoms with E-state index in [1.54, 1.807) is 6.07 Å². The standard InChI is InChI=1S/C33H27FNO/c1-20-8-7-9-21(2)29(20)23-12-14-24(15-13-23)31-27(34)18-17-26-25-16-11-22(3)30(32(25)36-33(26)31)28-10-5-6-19-35(28)4/h5-19H,1-4H3/q+1. The first-order chi connectivity index (χ1) is 17.4. The van der Waals surface area contributed by atoms with Gasteiger partial charge in [-0.25, -0.2) is 8.96 Å². The van der Waals surface area contributed by atoms with Crippen LogP contribution in [0.3, 0.4) is 0 Å². The molecule has 0 unspecified atom stereocenters. The van der Waals surface area contributed by atoms with E-state index in [2.05, 4.69) is 73.9 Å². The number of nitrogens with zero attached hydrogens (tertiary/aromatic N) is 1. The molecule has 0 aliphatic heterocycles. The Morgan fingerprint density at radius 2 is 1.17 bits per heavy atom. The molecule has 176 valence electrons. The number of fused-ring (bicyclic) bond motifs is 3. The lowest BCUT2D eigenvalue weighted by atomic mass is 9.93. The Labute approximate surface area is 210 Å². The molecule has 6 aromatic rings. The smallest absolute Gasteiger partial charge is 0.216 e. The second-order valence-corrected chi connectivity index (χ2v) is 9.58. The molecule has 0 saturated heterocycles. The summed E-state index contributed by atoms with van der Waals surface area (Å²) < 4.78 is 24.0. The third-order valence-corrected chi connectivity index (χ3v) is 7.22. The topological polar surface area (TPSA) is 17.0 Å². The fourth-order valence-corrected chi connectivity index (χ4v) is 5.42. The van der Waals surface area contributed by atoms with Gasteiger partial charge in [0.1, 0.15) is 24.0 Å². The molecule has 0 aliphatic rings. The predicted molar refractivity (Wildman–Crippen MR) is 145 cm³/mol. The lowest BCUT2D eigenvalue weighted by Crippen LogP contribution is -2.30. The van der Waals surface area contributed by atoms with Gasteiger partial charge in [0.25, 0.3) is 0 Å². The summed E-state index contributed by atoms with van der Waals surface area (Å²) in [5.41, 5.74) is 10.7. The maximum absolute atomic E-state index is 15.4. The van der Waals surface area contributed by atoms with E-state index < -0.39 is 0 Å². The summed E-state index contributed by atoms with van der Waals surface area (Å²) in [6, 6.07) is 28.1. The lowest BCUT2D eigenvalue weighted by Gasteiger charge is -2.11. The second-order valence-electron chi connectivity index (χ2n) is 9.58. The highest BCUT2D eigenvalue weighted by Crippen LogP contribution is 2.42. The van der Waals surface area contributed by atoms with Crippen LogP contribution in [0.25, 0.3) is 55.4 Å². The normalized spacial score (nSPS) is 11.5. The monoisotopic (exact) mass is 472 g/mol. The average molecular weight is 473 g/mol. The molecule has 0 radical (unpaired) electrons. The van der Waals surface area contributed by atoms with Gasteiger partial charge in [-0.3, -0.25) is 0 Å². The van der Waals surface area contributed by atoms with E-state index in [1.807, 2.05) is 43.6 Å². The minimum atomic E-state index is -0.287. The first-order valence-corrected chi connectivity index (χ1v) is 12.2. The molecule has 0 amide bonds. The van der Waals surface area contributed by atoms with E-state index in [1.165, 1.54) is 16.7 Å². The van der Waals surface area contributed by atoms with Crippen LogP contribution in [-0.4, -0.2) is 0 Å². The zero-order valence-electron chi connectivity index (χ0n) is 20.9. The predicted octanol–water partition coefficient (Wildman–Crippen LogP) is 8.48. The molecule has 0 fully saturated rings. The van der Waals surface area contributed by atoms with Crippen molar-refractivity contribution in [2.75, 3.05) is 0 Å². The maximum atomic E-state index is 15.4. The van der Waals surface area contributed by atoms with E-state index >= 15 is 4.39 Å². The lowest BCUT2D eigenvalue weighted by molar-refractivity contribution is -0.660. The van der Waals surface area contributed by atoms with Crippen molar-refractivity contribution >= 4 is 21.9 Å². The number of benzene rings is 4. The number of aromatic nitrogens is 1. The molecule has 36 heavy (non-hydrogen) atoms. The molecule has 0 bridgehead atoms. The molecule has 2 heterocycles. The molecule has 0 spiro atoms. The van der Waals surface area contributed by atoms with Crippen LogP contribution in [0.4, 0.5) is 4.39 Å². The number of hydrogen-bond donors (Lipinski definition) is 0. The summed E-state index contributed by atoms with van der Waals surface area (Å²) in [7, 11) is 2.03. The van der Waals surface area contributed by atoms with Gasteiger partial charge in [0.05, 0.1) is 11.1 Å².